The first-order chi connectivity index (χ1) is 10.6. The highest BCUT2D eigenvalue weighted by Gasteiger charge is 2.06. The second kappa shape index (κ2) is 7.93. The summed E-state index contributed by atoms with van der Waals surface area (Å²) in [5, 5.41) is 0. The number of carbonyl (C=O) groups is 1. The predicted octanol–water partition coefficient (Wildman–Crippen LogP) is 2.81. The average molecular weight is 364 g/mol. The molecule has 0 radical (unpaired) electrons. The summed E-state index contributed by atoms with van der Waals surface area (Å²) in [6.07, 6.45) is 0.701. The Balaban J connectivity index is 1.88. The summed E-state index contributed by atoms with van der Waals surface area (Å²) < 4.78 is 6.13. The molecule has 0 saturated carbocycles. The molecule has 22 heavy (non-hydrogen) atoms. The maximum absolute atomic E-state index is 11.8. The lowest BCUT2D eigenvalue weighted by Crippen LogP contribution is -2.32. The van der Waals surface area contributed by atoms with E-state index in [2.05, 4.69) is 21.4 Å². The van der Waals surface area contributed by atoms with Crippen molar-refractivity contribution < 1.29 is 14.4 Å². The standard InChI is InChI=1S/C16H16BrN2O3/c1-21-14-5-3-2-4-12(14)10-15(18)19-22-16(20)11-6-8-13(17)9-7-11/h2-9,19H,10,18H2,1H3/q-1. The van der Waals surface area contributed by atoms with Crippen molar-refractivity contribution in [2.24, 2.45) is 5.73 Å². The van der Waals surface area contributed by atoms with Crippen molar-refractivity contribution in [3.63, 3.8) is 0 Å². The zero-order valence-electron chi connectivity index (χ0n) is 12.0. The van der Waals surface area contributed by atoms with Crippen LogP contribution in [0, 0.1) is 6.17 Å². The fraction of sp³-hybridized carbons (Fsp3) is 0.125. The molecular formula is C16H16BrN2O3-. The first kappa shape index (κ1) is 16.5. The van der Waals surface area contributed by atoms with Gasteiger partial charge in [-0.25, -0.2) is 4.79 Å². The second-order valence-corrected chi connectivity index (χ2v) is 5.43. The topological polar surface area (TPSA) is 73.6 Å². The maximum atomic E-state index is 11.8. The third-order valence-corrected chi connectivity index (χ3v) is 3.46. The molecule has 0 spiro atoms. The van der Waals surface area contributed by atoms with E-state index >= 15 is 0 Å². The van der Waals surface area contributed by atoms with E-state index in [1.165, 1.54) is 0 Å². The number of rotatable bonds is 6. The molecule has 0 heterocycles. The molecule has 116 valence electrons. The van der Waals surface area contributed by atoms with E-state index in [-0.39, 0.29) is 0 Å². The Bertz CT molecular complexity index is 632. The average Bonchev–Trinajstić information content (AvgIpc) is 2.54. The van der Waals surface area contributed by atoms with Crippen LogP contribution in [-0.4, -0.2) is 13.1 Å². The van der Waals surface area contributed by atoms with Crippen LogP contribution < -0.4 is 16.0 Å². The summed E-state index contributed by atoms with van der Waals surface area (Å²) in [4.78, 5) is 16.8. The van der Waals surface area contributed by atoms with Crippen molar-refractivity contribution >= 4 is 21.9 Å². The molecule has 2 rings (SSSR count). The molecular weight excluding hydrogens is 348 g/mol. The molecule has 0 aliphatic rings. The van der Waals surface area contributed by atoms with Crippen LogP contribution in [0.15, 0.2) is 53.0 Å². The molecule has 0 aliphatic heterocycles. The van der Waals surface area contributed by atoms with E-state index in [0.29, 0.717) is 18.2 Å². The van der Waals surface area contributed by atoms with Crippen molar-refractivity contribution in [2.75, 3.05) is 7.11 Å². The van der Waals surface area contributed by atoms with Gasteiger partial charge in [-0.2, -0.15) is 6.17 Å². The molecule has 2 aromatic rings. The Labute approximate surface area is 137 Å². The molecule has 0 aliphatic carbocycles. The van der Waals surface area contributed by atoms with Crippen LogP contribution in [0.4, 0.5) is 0 Å². The lowest BCUT2D eigenvalue weighted by Gasteiger charge is -2.26. The minimum absolute atomic E-state index is 0.315. The predicted molar refractivity (Wildman–Crippen MR) is 86.8 cm³/mol. The molecule has 0 amide bonds. The molecule has 0 bridgehead atoms. The van der Waals surface area contributed by atoms with Crippen LogP contribution in [0.1, 0.15) is 15.9 Å². The summed E-state index contributed by atoms with van der Waals surface area (Å²) >= 11 is 3.30. The number of benzene rings is 2. The van der Waals surface area contributed by atoms with E-state index in [9.17, 15) is 4.79 Å². The SMILES string of the molecule is COc1ccccc1C[C-](N)NOC(=O)c1ccc(Br)cc1. The lowest BCUT2D eigenvalue weighted by molar-refractivity contribution is 0.0262. The van der Waals surface area contributed by atoms with Crippen LogP contribution in [0.2, 0.25) is 0 Å². The van der Waals surface area contributed by atoms with Gasteiger partial charge in [-0.3, -0.25) is 5.48 Å². The molecule has 3 N–H and O–H groups in total. The van der Waals surface area contributed by atoms with Crippen molar-refractivity contribution in [3.8, 4) is 5.75 Å². The van der Waals surface area contributed by atoms with Crippen molar-refractivity contribution in [3.05, 3.63) is 70.3 Å². The van der Waals surface area contributed by atoms with Gasteiger partial charge in [0.15, 0.2) is 0 Å². The van der Waals surface area contributed by atoms with Crippen LogP contribution in [0.3, 0.4) is 0 Å². The quantitative estimate of drug-likeness (QED) is 0.609. The highest BCUT2D eigenvalue weighted by Crippen LogP contribution is 2.19. The van der Waals surface area contributed by atoms with Gasteiger partial charge in [-0.15, -0.1) is 6.42 Å². The van der Waals surface area contributed by atoms with Crippen LogP contribution in [0.25, 0.3) is 0 Å². The van der Waals surface area contributed by atoms with E-state index in [1.807, 2.05) is 24.3 Å². The Hall–Kier alpha value is -1.89. The normalized spacial score (nSPS) is 10.5. The smallest absolute Gasteiger partial charge is 0.354 e. The lowest BCUT2D eigenvalue weighted by atomic mass is 10.1. The van der Waals surface area contributed by atoms with E-state index < -0.39 is 5.97 Å². The highest BCUT2D eigenvalue weighted by molar-refractivity contribution is 9.10. The Kier molecular flexibility index (Phi) is 5.94. The summed E-state index contributed by atoms with van der Waals surface area (Å²) in [7, 11) is 1.59. The minimum atomic E-state index is -0.504. The molecule has 0 atom stereocenters. The number of nitrogens with one attached hydrogen (secondary N) is 1. The number of nitrogens with two attached hydrogens (primary N) is 1. The van der Waals surface area contributed by atoms with Crippen molar-refractivity contribution in [1.29, 1.82) is 0 Å². The monoisotopic (exact) mass is 363 g/mol. The maximum Gasteiger partial charge on any atom is 0.354 e. The third kappa shape index (κ3) is 4.56. The number of hydrogen-bond acceptors (Lipinski definition) is 5. The van der Waals surface area contributed by atoms with Gasteiger partial charge >= 0.3 is 5.97 Å². The first-order valence-electron chi connectivity index (χ1n) is 6.56. The summed E-state index contributed by atoms with van der Waals surface area (Å²) in [5.41, 5.74) is 9.65. The molecule has 6 heteroatoms. The molecule has 0 aromatic heterocycles. The van der Waals surface area contributed by atoms with Gasteiger partial charge in [-0.1, -0.05) is 34.1 Å². The number of methoxy groups -OCH3 is 1. The fourth-order valence-corrected chi connectivity index (χ4v) is 2.11. The van der Waals surface area contributed by atoms with Crippen molar-refractivity contribution in [2.45, 2.75) is 6.42 Å². The van der Waals surface area contributed by atoms with Crippen LogP contribution in [0.5, 0.6) is 5.75 Å². The third-order valence-electron chi connectivity index (χ3n) is 2.93. The zero-order chi connectivity index (χ0) is 15.9. The van der Waals surface area contributed by atoms with E-state index in [0.717, 1.165) is 15.8 Å². The Morgan fingerprint density at radius 2 is 1.91 bits per heavy atom. The summed E-state index contributed by atoms with van der Waals surface area (Å²) in [6, 6.07) is 14.3. The van der Waals surface area contributed by atoms with Gasteiger partial charge in [0.2, 0.25) is 0 Å². The number of carbonyl (C=O) groups excluding carboxylic acids is 1. The van der Waals surface area contributed by atoms with Crippen molar-refractivity contribution in [1.82, 2.24) is 5.48 Å². The fourth-order valence-electron chi connectivity index (χ4n) is 1.85. The highest BCUT2D eigenvalue weighted by atomic mass is 79.9. The Morgan fingerprint density at radius 1 is 1.23 bits per heavy atom. The Morgan fingerprint density at radius 3 is 2.59 bits per heavy atom. The van der Waals surface area contributed by atoms with Crippen LogP contribution in [-0.2, 0) is 11.3 Å². The van der Waals surface area contributed by atoms with Crippen LogP contribution >= 0.6 is 15.9 Å². The number of ether oxygens (including phenoxy) is 1. The molecule has 0 saturated heterocycles. The van der Waals surface area contributed by atoms with Gasteiger partial charge in [-0.05, 0) is 35.9 Å². The molecule has 2 aromatic carbocycles. The van der Waals surface area contributed by atoms with Gasteiger partial charge in [0, 0.05) is 4.47 Å². The second-order valence-electron chi connectivity index (χ2n) is 4.51. The van der Waals surface area contributed by atoms with E-state index in [4.69, 9.17) is 15.3 Å². The molecule has 0 unspecified atom stereocenters. The summed E-state index contributed by atoms with van der Waals surface area (Å²) in [6.45, 7) is 0. The zero-order valence-corrected chi connectivity index (χ0v) is 13.6. The largest absolute Gasteiger partial charge is 0.497 e. The molecule has 5 nitrogen and oxygen atoms in total. The number of hydrogen-bond donors (Lipinski definition) is 2. The summed E-state index contributed by atoms with van der Waals surface area (Å²) in [5.74, 6) is 0.224. The van der Waals surface area contributed by atoms with Gasteiger partial charge < -0.3 is 15.3 Å². The van der Waals surface area contributed by atoms with Gasteiger partial charge in [0.25, 0.3) is 0 Å². The van der Waals surface area contributed by atoms with Gasteiger partial charge in [0.1, 0.15) is 5.75 Å². The number of halogens is 1. The minimum Gasteiger partial charge on any atom is -0.497 e. The number of hydroxylamine groups is 1. The first-order valence-corrected chi connectivity index (χ1v) is 7.35. The van der Waals surface area contributed by atoms with E-state index in [1.54, 1.807) is 31.4 Å². The van der Waals surface area contributed by atoms with Gasteiger partial charge in [0.05, 0.1) is 12.7 Å². The molecule has 0 fully saturated rings. The number of para-hydroxylation sites is 1.